The van der Waals surface area contributed by atoms with Crippen LogP contribution in [0.3, 0.4) is 0 Å². The van der Waals surface area contributed by atoms with Crippen LogP contribution in [0.25, 0.3) is 6.08 Å². The minimum absolute atomic E-state index is 0.654. The quantitative estimate of drug-likeness (QED) is 0.823. The summed E-state index contributed by atoms with van der Waals surface area (Å²) in [6.07, 6.45) is 4.81. The van der Waals surface area contributed by atoms with Crippen molar-refractivity contribution in [3.8, 4) is 0 Å². The standard InChI is InChI=1S/C10H11Cl2N/c11-9-5-4-8(10(12)7-9)3-1-2-6-13/h1,3-5,7H,2,6,13H2. The third-order valence-electron chi connectivity index (χ3n) is 1.59. The minimum Gasteiger partial charge on any atom is -0.330 e. The van der Waals surface area contributed by atoms with Gasteiger partial charge in [-0.2, -0.15) is 0 Å². The predicted molar refractivity (Wildman–Crippen MR) is 59.2 cm³/mol. The Kier molecular flexibility index (Phi) is 4.29. The molecule has 1 nitrogen and oxygen atoms in total. The van der Waals surface area contributed by atoms with Gasteiger partial charge >= 0.3 is 0 Å². The molecule has 0 saturated carbocycles. The Morgan fingerprint density at radius 2 is 2.08 bits per heavy atom. The lowest BCUT2D eigenvalue weighted by atomic mass is 10.2. The lowest BCUT2D eigenvalue weighted by Gasteiger charge is -1.97. The molecule has 70 valence electrons. The van der Waals surface area contributed by atoms with Crippen LogP contribution in [0.2, 0.25) is 10.0 Å². The Morgan fingerprint density at radius 3 is 2.69 bits per heavy atom. The number of hydrogen-bond acceptors (Lipinski definition) is 1. The van der Waals surface area contributed by atoms with Crippen molar-refractivity contribution >= 4 is 29.3 Å². The van der Waals surface area contributed by atoms with E-state index >= 15 is 0 Å². The monoisotopic (exact) mass is 215 g/mol. The fourth-order valence-electron chi connectivity index (χ4n) is 0.943. The third kappa shape index (κ3) is 3.39. The van der Waals surface area contributed by atoms with Gasteiger partial charge in [-0.25, -0.2) is 0 Å². The lowest BCUT2D eigenvalue weighted by Crippen LogP contribution is -1.94. The summed E-state index contributed by atoms with van der Waals surface area (Å²) in [4.78, 5) is 0. The molecule has 1 aromatic carbocycles. The predicted octanol–water partition coefficient (Wildman–Crippen LogP) is 3.36. The van der Waals surface area contributed by atoms with Crippen molar-refractivity contribution in [1.82, 2.24) is 0 Å². The number of benzene rings is 1. The average Bonchev–Trinajstić information content (AvgIpc) is 2.09. The van der Waals surface area contributed by atoms with E-state index in [1.165, 1.54) is 0 Å². The van der Waals surface area contributed by atoms with E-state index in [1.54, 1.807) is 6.07 Å². The van der Waals surface area contributed by atoms with E-state index in [1.807, 2.05) is 24.3 Å². The van der Waals surface area contributed by atoms with Crippen LogP contribution in [-0.2, 0) is 0 Å². The highest BCUT2D eigenvalue weighted by Gasteiger charge is 1.96. The number of hydrogen-bond donors (Lipinski definition) is 1. The van der Waals surface area contributed by atoms with Crippen LogP contribution < -0.4 is 5.73 Å². The highest BCUT2D eigenvalue weighted by atomic mass is 35.5. The van der Waals surface area contributed by atoms with Crippen molar-refractivity contribution < 1.29 is 0 Å². The van der Waals surface area contributed by atoms with E-state index in [9.17, 15) is 0 Å². The van der Waals surface area contributed by atoms with Crippen LogP contribution in [0.5, 0.6) is 0 Å². The SMILES string of the molecule is NCCC=Cc1ccc(Cl)cc1Cl. The number of rotatable bonds is 3. The second kappa shape index (κ2) is 5.28. The fourth-order valence-corrected chi connectivity index (χ4v) is 1.41. The smallest absolute Gasteiger partial charge is 0.0493 e. The second-order valence-electron chi connectivity index (χ2n) is 2.65. The van der Waals surface area contributed by atoms with Crippen LogP contribution in [0.15, 0.2) is 24.3 Å². The van der Waals surface area contributed by atoms with Gasteiger partial charge in [0.25, 0.3) is 0 Å². The van der Waals surface area contributed by atoms with Crippen molar-refractivity contribution in [3.05, 3.63) is 39.9 Å². The molecule has 0 aliphatic heterocycles. The maximum Gasteiger partial charge on any atom is 0.0493 e. The Hall–Kier alpha value is -0.500. The summed E-state index contributed by atoms with van der Waals surface area (Å²) in [5.41, 5.74) is 6.32. The first-order chi connectivity index (χ1) is 6.24. The minimum atomic E-state index is 0.654. The molecule has 0 aliphatic rings. The van der Waals surface area contributed by atoms with Crippen molar-refractivity contribution in [2.45, 2.75) is 6.42 Å². The maximum absolute atomic E-state index is 5.94. The molecule has 0 unspecified atom stereocenters. The van der Waals surface area contributed by atoms with Gasteiger partial charge in [0.15, 0.2) is 0 Å². The molecule has 0 aromatic heterocycles. The van der Waals surface area contributed by atoms with Crippen LogP contribution in [0.1, 0.15) is 12.0 Å². The Labute approximate surface area is 88.1 Å². The first kappa shape index (κ1) is 10.6. The van der Waals surface area contributed by atoms with Crippen molar-refractivity contribution in [2.75, 3.05) is 6.54 Å². The number of nitrogens with two attached hydrogens (primary N) is 1. The molecule has 0 aliphatic carbocycles. The Morgan fingerprint density at radius 1 is 1.31 bits per heavy atom. The summed E-state index contributed by atoms with van der Waals surface area (Å²) in [5.74, 6) is 0. The third-order valence-corrected chi connectivity index (χ3v) is 2.16. The molecule has 0 fully saturated rings. The zero-order valence-electron chi connectivity index (χ0n) is 7.13. The van der Waals surface area contributed by atoms with Crippen LogP contribution in [0.4, 0.5) is 0 Å². The van der Waals surface area contributed by atoms with Gasteiger partial charge in [-0.1, -0.05) is 41.4 Å². The Bertz CT molecular complexity index is 308. The summed E-state index contributed by atoms with van der Waals surface area (Å²) in [5, 5.41) is 1.32. The first-order valence-corrected chi connectivity index (χ1v) is 4.81. The maximum atomic E-state index is 5.94. The molecule has 0 spiro atoms. The van der Waals surface area contributed by atoms with E-state index in [-0.39, 0.29) is 0 Å². The molecule has 0 atom stereocenters. The van der Waals surface area contributed by atoms with Gasteiger partial charge in [-0.05, 0) is 30.7 Å². The highest BCUT2D eigenvalue weighted by molar-refractivity contribution is 6.35. The molecule has 1 aromatic rings. The van der Waals surface area contributed by atoms with E-state index in [4.69, 9.17) is 28.9 Å². The van der Waals surface area contributed by atoms with Gasteiger partial charge in [0.05, 0.1) is 0 Å². The molecule has 0 bridgehead atoms. The topological polar surface area (TPSA) is 26.0 Å². The van der Waals surface area contributed by atoms with Gasteiger partial charge in [0.2, 0.25) is 0 Å². The van der Waals surface area contributed by atoms with Crippen LogP contribution >= 0.6 is 23.2 Å². The van der Waals surface area contributed by atoms with E-state index in [2.05, 4.69) is 0 Å². The Balaban J connectivity index is 2.77. The van der Waals surface area contributed by atoms with Gasteiger partial charge < -0.3 is 5.73 Å². The van der Waals surface area contributed by atoms with E-state index < -0.39 is 0 Å². The molecule has 13 heavy (non-hydrogen) atoms. The van der Waals surface area contributed by atoms with Crippen molar-refractivity contribution in [3.63, 3.8) is 0 Å². The highest BCUT2D eigenvalue weighted by Crippen LogP contribution is 2.21. The van der Waals surface area contributed by atoms with Crippen LogP contribution in [0, 0.1) is 0 Å². The summed E-state index contributed by atoms with van der Waals surface area (Å²) in [6.45, 7) is 0.654. The van der Waals surface area contributed by atoms with Gasteiger partial charge in [-0.15, -0.1) is 0 Å². The largest absolute Gasteiger partial charge is 0.330 e. The molecule has 0 radical (unpaired) electrons. The number of halogens is 2. The van der Waals surface area contributed by atoms with Crippen LogP contribution in [-0.4, -0.2) is 6.54 Å². The zero-order chi connectivity index (χ0) is 9.68. The van der Waals surface area contributed by atoms with E-state index in [0.29, 0.717) is 16.6 Å². The summed E-state index contributed by atoms with van der Waals surface area (Å²) in [7, 11) is 0. The van der Waals surface area contributed by atoms with Gasteiger partial charge in [0.1, 0.15) is 0 Å². The van der Waals surface area contributed by atoms with Gasteiger partial charge in [-0.3, -0.25) is 0 Å². The normalized spacial score (nSPS) is 11.0. The molecular weight excluding hydrogens is 205 g/mol. The summed E-state index contributed by atoms with van der Waals surface area (Å²) < 4.78 is 0. The molecule has 3 heteroatoms. The lowest BCUT2D eigenvalue weighted by molar-refractivity contribution is 1.01. The molecular formula is C10H11Cl2N. The second-order valence-corrected chi connectivity index (χ2v) is 3.49. The summed E-state index contributed by atoms with van der Waals surface area (Å²) >= 11 is 11.7. The fraction of sp³-hybridized carbons (Fsp3) is 0.200. The molecule has 0 saturated heterocycles. The molecule has 2 N–H and O–H groups in total. The average molecular weight is 216 g/mol. The van der Waals surface area contributed by atoms with Gasteiger partial charge in [0, 0.05) is 10.0 Å². The van der Waals surface area contributed by atoms with Crippen molar-refractivity contribution in [1.29, 1.82) is 0 Å². The zero-order valence-corrected chi connectivity index (χ0v) is 8.65. The first-order valence-electron chi connectivity index (χ1n) is 4.05. The van der Waals surface area contributed by atoms with Crippen molar-refractivity contribution in [2.24, 2.45) is 5.73 Å². The van der Waals surface area contributed by atoms with E-state index in [0.717, 1.165) is 12.0 Å². The molecule has 1 rings (SSSR count). The summed E-state index contributed by atoms with van der Waals surface area (Å²) in [6, 6.07) is 5.43. The molecule has 0 amide bonds. The molecule has 0 heterocycles.